The molecule has 3 amide bonds. The lowest BCUT2D eigenvalue weighted by molar-refractivity contribution is -0.139. The largest absolute Gasteiger partial charge is 0.480 e. The Morgan fingerprint density at radius 1 is 0.975 bits per heavy atom. The highest BCUT2D eigenvalue weighted by Crippen LogP contribution is 2.31. The number of benzene rings is 3. The van der Waals surface area contributed by atoms with Crippen LogP contribution < -0.4 is 21.7 Å². The van der Waals surface area contributed by atoms with Gasteiger partial charge in [-0.05, 0) is 41.5 Å². The lowest BCUT2D eigenvalue weighted by Gasteiger charge is -2.20. The number of carbonyl (C=O) groups excluding carboxylic acids is 3. The molecule has 0 aliphatic carbocycles. The van der Waals surface area contributed by atoms with Crippen molar-refractivity contribution in [3.8, 4) is 11.1 Å². The fourth-order valence-electron chi connectivity index (χ4n) is 3.68. The Morgan fingerprint density at radius 2 is 1.62 bits per heavy atom. The Bertz CT molecular complexity index is 1430. The molecule has 208 valence electrons. The van der Waals surface area contributed by atoms with Gasteiger partial charge in [-0.1, -0.05) is 59.6 Å². The minimum absolute atomic E-state index is 0.0275. The topological polar surface area (TPSA) is 178 Å². The Kier molecular flexibility index (Phi) is 10.1. The van der Waals surface area contributed by atoms with Gasteiger partial charge in [-0.2, -0.15) is 0 Å². The van der Waals surface area contributed by atoms with Crippen LogP contribution in [-0.4, -0.2) is 65.8 Å². The SMILES string of the molecule is CN(CC(=O)NC[C@H](NC(=O)c1c(Cl)cc(-c2ccccc2)cc1Cl)C(=O)O)C(=O)c1cccc(NC(=N)N)c1. The van der Waals surface area contributed by atoms with E-state index < -0.39 is 36.3 Å². The molecular formula is C27H26Cl2N6O5. The number of anilines is 1. The van der Waals surface area contributed by atoms with Gasteiger partial charge in [0.15, 0.2) is 5.96 Å². The molecule has 7 N–H and O–H groups in total. The van der Waals surface area contributed by atoms with Crippen molar-refractivity contribution in [1.29, 1.82) is 5.41 Å². The third-order valence-electron chi connectivity index (χ3n) is 5.60. The molecule has 0 saturated carbocycles. The first-order valence-electron chi connectivity index (χ1n) is 11.8. The summed E-state index contributed by atoms with van der Waals surface area (Å²) < 4.78 is 0. The van der Waals surface area contributed by atoms with E-state index >= 15 is 0 Å². The van der Waals surface area contributed by atoms with Gasteiger partial charge in [0.05, 0.1) is 22.2 Å². The van der Waals surface area contributed by atoms with E-state index in [0.717, 1.165) is 10.5 Å². The van der Waals surface area contributed by atoms with Crippen LogP contribution in [0.4, 0.5) is 5.69 Å². The number of hydrogen-bond acceptors (Lipinski definition) is 5. The molecule has 0 aromatic heterocycles. The Hall–Kier alpha value is -4.61. The number of hydrogen-bond donors (Lipinski definition) is 6. The van der Waals surface area contributed by atoms with Gasteiger partial charge in [-0.3, -0.25) is 19.8 Å². The van der Waals surface area contributed by atoms with E-state index in [4.69, 9.17) is 34.3 Å². The predicted octanol–water partition coefficient (Wildman–Crippen LogP) is 3.04. The number of carboxylic acid groups (broad SMARTS) is 1. The molecule has 0 aliphatic rings. The van der Waals surface area contributed by atoms with E-state index in [1.54, 1.807) is 24.3 Å². The Labute approximate surface area is 239 Å². The van der Waals surface area contributed by atoms with Crippen LogP contribution in [0.3, 0.4) is 0 Å². The third-order valence-corrected chi connectivity index (χ3v) is 6.20. The molecule has 13 heteroatoms. The molecule has 0 spiro atoms. The molecule has 3 rings (SSSR count). The number of halogens is 2. The van der Waals surface area contributed by atoms with E-state index in [9.17, 15) is 24.3 Å². The van der Waals surface area contributed by atoms with Gasteiger partial charge in [0.1, 0.15) is 6.04 Å². The molecule has 0 fully saturated rings. The lowest BCUT2D eigenvalue weighted by atomic mass is 10.0. The van der Waals surface area contributed by atoms with Crippen LogP contribution in [0, 0.1) is 5.41 Å². The van der Waals surface area contributed by atoms with Crippen molar-refractivity contribution in [2.24, 2.45) is 5.73 Å². The van der Waals surface area contributed by atoms with Crippen molar-refractivity contribution in [1.82, 2.24) is 15.5 Å². The quantitative estimate of drug-likeness (QED) is 0.156. The minimum Gasteiger partial charge on any atom is -0.480 e. The van der Waals surface area contributed by atoms with Crippen molar-refractivity contribution in [2.75, 3.05) is 25.5 Å². The van der Waals surface area contributed by atoms with Gasteiger partial charge >= 0.3 is 5.97 Å². The van der Waals surface area contributed by atoms with E-state index in [1.807, 2.05) is 30.3 Å². The van der Waals surface area contributed by atoms with E-state index in [1.165, 1.54) is 19.2 Å². The van der Waals surface area contributed by atoms with Gasteiger partial charge in [0, 0.05) is 24.8 Å². The maximum absolute atomic E-state index is 12.9. The number of amides is 3. The number of aliphatic carboxylic acids is 1. The number of nitrogens with zero attached hydrogens (tertiary/aromatic N) is 1. The van der Waals surface area contributed by atoms with Crippen molar-refractivity contribution in [2.45, 2.75) is 6.04 Å². The zero-order valence-corrected chi connectivity index (χ0v) is 22.7. The first kappa shape index (κ1) is 29.9. The highest BCUT2D eigenvalue weighted by Gasteiger charge is 2.25. The molecule has 0 bridgehead atoms. The van der Waals surface area contributed by atoms with Crippen LogP contribution in [-0.2, 0) is 9.59 Å². The van der Waals surface area contributed by atoms with Gasteiger partial charge < -0.3 is 31.7 Å². The fraction of sp³-hybridized carbons (Fsp3) is 0.148. The fourth-order valence-corrected chi connectivity index (χ4v) is 4.34. The van der Waals surface area contributed by atoms with Crippen LogP contribution in [0.5, 0.6) is 0 Å². The summed E-state index contributed by atoms with van der Waals surface area (Å²) in [5, 5.41) is 24.2. The minimum atomic E-state index is -1.51. The third kappa shape index (κ3) is 7.95. The number of carboxylic acids is 1. The van der Waals surface area contributed by atoms with E-state index in [-0.39, 0.29) is 33.7 Å². The molecule has 3 aromatic carbocycles. The summed E-state index contributed by atoms with van der Waals surface area (Å²) >= 11 is 12.6. The van der Waals surface area contributed by atoms with Crippen LogP contribution in [0.25, 0.3) is 11.1 Å². The normalized spacial score (nSPS) is 11.2. The average molecular weight is 585 g/mol. The summed E-state index contributed by atoms with van der Waals surface area (Å²) in [4.78, 5) is 50.9. The second-order valence-electron chi connectivity index (χ2n) is 8.63. The summed E-state index contributed by atoms with van der Waals surface area (Å²) in [6.45, 7) is -0.848. The molecule has 0 heterocycles. The predicted molar refractivity (Wildman–Crippen MR) is 153 cm³/mol. The zero-order chi connectivity index (χ0) is 29.4. The zero-order valence-electron chi connectivity index (χ0n) is 21.2. The van der Waals surface area contributed by atoms with Gasteiger partial charge in [0.25, 0.3) is 11.8 Å². The second kappa shape index (κ2) is 13.5. The van der Waals surface area contributed by atoms with Gasteiger partial charge in [-0.15, -0.1) is 0 Å². The molecule has 1 atom stereocenters. The molecule has 0 saturated heterocycles. The molecule has 0 aliphatic heterocycles. The van der Waals surface area contributed by atoms with Gasteiger partial charge in [0.2, 0.25) is 5.91 Å². The Balaban J connectivity index is 1.61. The summed E-state index contributed by atoms with van der Waals surface area (Å²) in [6.07, 6.45) is 0. The summed E-state index contributed by atoms with van der Waals surface area (Å²) in [6, 6.07) is 17.0. The van der Waals surface area contributed by atoms with E-state index in [2.05, 4.69) is 16.0 Å². The molecule has 3 aromatic rings. The highest BCUT2D eigenvalue weighted by molar-refractivity contribution is 6.40. The number of nitrogens with one attached hydrogen (secondary N) is 4. The number of likely N-dealkylation sites (N-methyl/N-ethyl adjacent to an activating group) is 1. The van der Waals surface area contributed by atoms with E-state index in [0.29, 0.717) is 11.3 Å². The summed E-state index contributed by atoms with van der Waals surface area (Å²) in [5.74, 6) is -3.68. The second-order valence-corrected chi connectivity index (χ2v) is 9.44. The molecular weight excluding hydrogens is 559 g/mol. The van der Waals surface area contributed by atoms with Crippen molar-refractivity contribution >= 4 is 58.5 Å². The first-order valence-corrected chi connectivity index (χ1v) is 12.5. The molecule has 11 nitrogen and oxygen atoms in total. The lowest BCUT2D eigenvalue weighted by Crippen LogP contribution is -2.50. The highest BCUT2D eigenvalue weighted by atomic mass is 35.5. The average Bonchev–Trinajstić information content (AvgIpc) is 2.90. The molecule has 0 radical (unpaired) electrons. The standard InChI is InChI=1S/C27H26Cl2N6O5/c1-35(25(38)16-8-5-9-18(10-16)33-27(30)31)14-22(36)32-13-21(26(39)40)34-24(37)23-19(28)11-17(12-20(23)29)15-6-3-2-4-7-15/h2-12,21H,13-14H2,1H3,(H,32,36)(H,34,37)(H,39,40)(H4,30,31,33)/t21-/m0/s1. The maximum Gasteiger partial charge on any atom is 0.328 e. The first-order chi connectivity index (χ1) is 19.0. The molecule has 0 unspecified atom stereocenters. The van der Waals surface area contributed by atoms with Crippen LogP contribution in [0.2, 0.25) is 10.0 Å². The van der Waals surface area contributed by atoms with Gasteiger partial charge in [-0.25, -0.2) is 4.79 Å². The van der Waals surface area contributed by atoms with Crippen molar-refractivity contribution < 1.29 is 24.3 Å². The summed E-state index contributed by atoms with van der Waals surface area (Å²) in [7, 11) is 1.40. The van der Waals surface area contributed by atoms with Crippen LogP contribution in [0.15, 0.2) is 66.7 Å². The van der Waals surface area contributed by atoms with Crippen LogP contribution >= 0.6 is 23.2 Å². The Morgan fingerprint density at radius 3 is 2.23 bits per heavy atom. The number of guanidine groups is 1. The summed E-state index contributed by atoms with van der Waals surface area (Å²) in [5.41, 5.74) is 7.36. The monoisotopic (exact) mass is 584 g/mol. The number of carbonyl (C=O) groups is 4. The van der Waals surface area contributed by atoms with Crippen molar-refractivity contribution in [3.63, 3.8) is 0 Å². The number of nitrogens with two attached hydrogens (primary N) is 1. The van der Waals surface area contributed by atoms with Crippen LogP contribution in [0.1, 0.15) is 20.7 Å². The number of rotatable bonds is 10. The molecule has 40 heavy (non-hydrogen) atoms. The van der Waals surface area contributed by atoms with Crippen molar-refractivity contribution in [3.05, 3.63) is 87.9 Å². The maximum atomic E-state index is 12.9. The smallest absolute Gasteiger partial charge is 0.328 e.